The lowest BCUT2D eigenvalue weighted by Gasteiger charge is -2.18. The average molecular weight is 287 g/mol. The van der Waals surface area contributed by atoms with Crippen LogP contribution in [0.1, 0.15) is 22.3 Å². The second-order valence-corrected chi connectivity index (χ2v) is 5.57. The van der Waals surface area contributed by atoms with Crippen LogP contribution in [0, 0.1) is 19.7 Å². The molecule has 0 saturated carbocycles. The highest BCUT2D eigenvalue weighted by molar-refractivity contribution is 5.43. The molecule has 112 valence electrons. The molecule has 2 aromatic carbocycles. The molecular weight excluding hydrogens is 265 g/mol. The van der Waals surface area contributed by atoms with Crippen molar-refractivity contribution in [2.75, 3.05) is 14.2 Å². The van der Waals surface area contributed by atoms with E-state index < -0.39 is 0 Å². The Labute approximate surface area is 126 Å². The number of methoxy groups -OCH3 is 1. The second-order valence-electron chi connectivity index (χ2n) is 5.57. The van der Waals surface area contributed by atoms with Gasteiger partial charge in [-0.25, -0.2) is 4.39 Å². The smallest absolute Gasteiger partial charge is 0.124 e. The van der Waals surface area contributed by atoms with Gasteiger partial charge in [0.05, 0.1) is 7.11 Å². The molecule has 2 aromatic rings. The van der Waals surface area contributed by atoms with Gasteiger partial charge in [0, 0.05) is 13.1 Å². The lowest BCUT2D eigenvalue weighted by Crippen LogP contribution is -2.17. The quantitative estimate of drug-likeness (QED) is 0.821. The molecule has 2 rings (SSSR count). The Kier molecular flexibility index (Phi) is 4.97. The van der Waals surface area contributed by atoms with Crippen molar-refractivity contribution in [2.24, 2.45) is 0 Å². The van der Waals surface area contributed by atoms with Crippen LogP contribution in [-0.2, 0) is 13.1 Å². The lowest BCUT2D eigenvalue weighted by molar-refractivity contribution is 0.318. The summed E-state index contributed by atoms with van der Waals surface area (Å²) in [6.45, 7) is 5.66. The van der Waals surface area contributed by atoms with Crippen molar-refractivity contribution >= 4 is 0 Å². The first-order valence-electron chi connectivity index (χ1n) is 7.06. The molecule has 21 heavy (non-hydrogen) atoms. The van der Waals surface area contributed by atoms with Crippen LogP contribution in [0.4, 0.5) is 4.39 Å². The topological polar surface area (TPSA) is 12.5 Å². The van der Waals surface area contributed by atoms with Crippen LogP contribution in [0.25, 0.3) is 0 Å². The van der Waals surface area contributed by atoms with Gasteiger partial charge in [-0.2, -0.15) is 0 Å². The van der Waals surface area contributed by atoms with Crippen molar-refractivity contribution in [3.05, 3.63) is 64.5 Å². The number of hydrogen-bond donors (Lipinski definition) is 0. The van der Waals surface area contributed by atoms with E-state index in [9.17, 15) is 4.39 Å². The minimum Gasteiger partial charge on any atom is -0.496 e. The summed E-state index contributed by atoms with van der Waals surface area (Å²) in [4.78, 5) is 2.18. The van der Waals surface area contributed by atoms with Gasteiger partial charge in [-0.15, -0.1) is 0 Å². The molecular formula is C18H22FNO. The molecule has 2 nitrogen and oxygen atoms in total. The minimum atomic E-state index is -0.183. The molecule has 0 radical (unpaired) electrons. The fourth-order valence-electron chi connectivity index (χ4n) is 2.77. The van der Waals surface area contributed by atoms with Crippen LogP contribution in [0.3, 0.4) is 0 Å². The molecule has 0 unspecified atom stereocenters. The summed E-state index contributed by atoms with van der Waals surface area (Å²) < 4.78 is 18.6. The monoisotopic (exact) mass is 287 g/mol. The Morgan fingerprint density at radius 1 is 1.00 bits per heavy atom. The van der Waals surface area contributed by atoms with Crippen LogP contribution in [0.15, 0.2) is 36.4 Å². The molecule has 3 heteroatoms. The maximum absolute atomic E-state index is 13.2. The van der Waals surface area contributed by atoms with E-state index in [1.54, 1.807) is 19.2 Å². The van der Waals surface area contributed by atoms with Crippen molar-refractivity contribution in [3.63, 3.8) is 0 Å². The number of ether oxygens (including phenoxy) is 1. The average Bonchev–Trinajstić information content (AvgIpc) is 2.38. The number of rotatable bonds is 5. The zero-order chi connectivity index (χ0) is 15.4. The zero-order valence-corrected chi connectivity index (χ0v) is 13.1. The lowest BCUT2D eigenvalue weighted by atomic mass is 10.1. The van der Waals surface area contributed by atoms with Crippen molar-refractivity contribution < 1.29 is 9.13 Å². The van der Waals surface area contributed by atoms with Gasteiger partial charge in [-0.1, -0.05) is 24.3 Å². The standard InChI is InChI=1S/C18H22FNO/c1-13-8-16(9-14(2)18(13)21-4)12-20(3)11-15-6-5-7-17(19)10-15/h5-10H,11-12H2,1-4H3. The highest BCUT2D eigenvalue weighted by Crippen LogP contribution is 2.25. The maximum atomic E-state index is 13.2. The predicted octanol–water partition coefficient (Wildman–Crippen LogP) is 4.08. The fraction of sp³-hybridized carbons (Fsp3) is 0.333. The van der Waals surface area contributed by atoms with Crippen molar-refractivity contribution in [1.29, 1.82) is 0 Å². The summed E-state index contributed by atoms with van der Waals surface area (Å²) in [6.07, 6.45) is 0. The summed E-state index contributed by atoms with van der Waals surface area (Å²) in [5.41, 5.74) is 4.52. The van der Waals surface area contributed by atoms with Crippen molar-refractivity contribution in [2.45, 2.75) is 26.9 Å². The van der Waals surface area contributed by atoms with Gasteiger partial charge in [0.25, 0.3) is 0 Å². The minimum absolute atomic E-state index is 0.183. The first-order valence-corrected chi connectivity index (χ1v) is 7.06. The molecule has 0 fully saturated rings. The molecule has 0 N–H and O–H groups in total. The predicted molar refractivity (Wildman–Crippen MR) is 84.0 cm³/mol. The van der Waals surface area contributed by atoms with Crippen LogP contribution >= 0.6 is 0 Å². The second kappa shape index (κ2) is 6.72. The maximum Gasteiger partial charge on any atom is 0.124 e. The highest BCUT2D eigenvalue weighted by Gasteiger charge is 2.08. The van der Waals surface area contributed by atoms with E-state index in [1.807, 2.05) is 13.1 Å². The fourth-order valence-corrected chi connectivity index (χ4v) is 2.77. The summed E-state index contributed by atoms with van der Waals surface area (Å²) in [5, 5.41) is 0. The summed E-state index contributed by atoms with van der Waals surface area (Å²) in [5.74, 6) is 0.767. The van der Waals surface area contributed by atoms with Gasteiger partial charge >= 0.3 is 0 Å². The Morgan fingerprint density at radius 3 is 2.19 bits per heavy atom. The number of benzene rings is 2. The molecule has 0 aliphatic heterocycles. The van der Waals surface area contributed by atoms with Crippen LogP contribution in [0.2, 0.25) is 0 Å². The largest absolute Gasteiger partial charge is 0.496 e. The molecule has 0 amide bonds. The van der Waals surface area contributed by atoms with Crippen LogP contribution in [0.5, 0.6) is 5.75 Å². The van der Waals surface area contributed by atoms with E-state index in [1.165, 1.54) is 11.6 Å². The van der Waals surface area contributed by atoms with Gasteiger partial charge in [-0.3, -0.25) is 4.90 Å². The van der Waals surface area contributed by atoms with E-state index >= 15 is 0 Å². The van der Waals surface area contributed by atoms with Gasteiger partial charge in [0.1, 0.15) is 11.6 Å². The number of hydrogen-bond acceptors (Lipinski definition) is 2. The third kappa shape index (κ3) is 4.05. The summed E-state index contributed by atoms with van der Waals surface area (Å²) in [6, 6.07) is 11.0. The summed E-state index contributed by atoms with van der Waals surface area (Å²) >= 11 is 0. The van der Waals surface area contributed by atoms with Gasteiger partial charge in [0.15, 0.2) is 0 Å². The molecule has 0 aromatic heterocycles. The van der Waals surface area contributed by atoms with E-state index in [2.05, 4.69) is 30.9 Å². The van der Waals surface area contributed by atoms with E-state index in [4.69, 9.17) is 4.74 Å². The Hall–Kier alpha value is -1.87. The van der Waals surface area contributed by atoms with E-state index in [0.29, 0.717) is 0 Å². The van der Waals surface area contributed by atoms with Gasteiger partial charge in [-0.05, 0) is 55.3 Å². The normalized spacial score (nSPS) is 11.0. The Morgan fingerprint density at radius 2 is 1.62 bits per heavy atom. The Balaban J connectivity index is 2.07. The number of aryl methyl sites for hydroxylation is 2. The Bertz CT molecular complexity index is 601. The number of halogens is 1. The van der Waals surface area contributed by atoms with Crippen molar-refractivity contribution in [3.8, 4) is 5.75 Å². The number of nitrogens with zero attached hydrogens (tertiary/aromatic N) is 1. The molecule has 0 heterocycles. The third-order valence-corrected chi connectivity index (χ3v) is 3.52. The first kappa shape index (κ1) is 15.5. The van der Waals surface area contributed by atoms with E-state index in [-0.39, 0.29) is 5.82 Å². The molecule has 0 atom stereocenters. The molecule has 0 spiro atoms. The molecule has 0 saturated heterocycles. The molecule has 0 bridgehead atoms. The van der Waals surface area contributed by atoms with Crippen LogP contribution < -0.4 is 4.74 Å². The summed E-state index contributed by atoms with van der Waals surface area (Å²) in [7, 11) is 3.74. The highest BCUT2D eigenvalue weighted by atomic mass is 19.1. The zero-order valence-electron chi connectivity index (χ0n) is 13.1. The van der Waals surface area contributed by atoms with Crippen LogP contribution in [-0.4, -0.2) is 19.1 Å². The third-order valence-electron chi connectivity index (χ3n) is 3.52. The van der Waals surface area contributed by atoms with Crippen molar-refractivity contribution in [1.82, 2.24) is 4.90 Å². The van der Waals surface area contributed by atoms with Gasteiger partial charge < -0.3 is 4.74 Å². The van der Waals surface area contributed by atoms with Gasteiger partial charge in [0.2, 0.25) is 0 Å². The molecule has 0 aliphatic rings. The SMILES string of the molecule is COc1c(C)cc(CN(C)Cc2cccc(F)c2)cc1C. The molecule has 0 aliphatic carbocycles. The first-order chi connectivity index (χ1) is 9.99. The van der Waals surface area contributed by atoms with E-state index in [0.717, 1.165) is 35.5 Å².